The second-order valence-electron chi connectivity index (χ2n) is 4.54. The van der Waals surface area contributed by atoms with Crippen LogP contribution >= 0.6 is 0 Å². The average Bonchev–Trinajstić information content (AvgIpc) is 2.37. The number of rotatable bonds is 8. The lowest BCUT2D eigenvalue weighted by Crippen LogP contribution is -2.26. The number of hydrogen-bond acceptors (Lipinski definition) is 4. The quantitative estimate of drug-likeness (QED) is 0.485. The Hall–Kier alpha value is -1.60. The van der Waals surface area contributed by atoms with Crippen molar-refractivity contribution in [2.24, 2.45) is 5.73 Å². The van der Waals surface area contributed by atoms with E-state index in [1.165, 1.54) is 6.07 Å². The highest BCUT2D eigenvalue weighted by atomic mass is 32.2. The number of hydrogen-bond donors (Lipinski definition) is 3. The molecule has 0 saturated heterocycles. The molecule has 7 heteroatoms. The SMILES string of the molecule is CCc1ccc(N)cc1S(=O)(=O)NCCCCC(N)=O. The Labute approximate surface area is 119 Å². The van der Waals surface area contributed by atoms with Crippen LogP contribution < -0.4 is 16.2 Å². The molecule has 20 heavy (non-hydrogen) atoms. The molecule has 6 nitrogen and oxygen atoms in total. The van der Waals surface area contributed by atoms with Gasteiger partial charge in [-0.25, -0.2) is 13.1 Å². The van der Waals surface area contributed by atoms with Crippen molar-refractivity contribution in [3.8, 4) is 0 Å². The molecule has 0 spiro atoms. The lowest BCUT2D eigenvalue weighted by molar-refractivity contribution is -0.118. The lowest BCUT2D eigenvalue weighted by atomic mass is 10.1. The van der Waals surface area contributed by atoms with E-state index < -0.39 is 10.0 Å². The predicted molar refractivity (Wildman–Crippen MR) is 78.5 cm³/mol. The number of sulfonamides is 1. The van der Waals surface area contributed by atoms with Crippen molar-refractivity contribution in [1.29, 1.82) is 0 Å². The lowest BCUT2D eigenvalue weighted by Gasteiger charge is -2.11. The highest BCUT2D eigenvalue weighted by Crippen LogP contribution is 2.19. The van der Waals surface area contributed by atoms with Crippen molar-refractivity contribution in [3.05, 3.63) is 23.8 Å². The van der Waals surface area contributed by atoms with Gasteiger partial charge in [0.2, 0.25) is 15.9 Å². The molecule has 1 aromatic rings. The minimum absolute atomic E-state index is 0.218. The van der Waals surface area contributed by atoms with Crippen LogP contribution in [-0.4, -0.2) is 20.9 Å². The molecule has 0 aliphatic rings. The second kappa shape index (κ2) is 7.25. The standard InChI is InChI=1S/C13H21N3O3S/c1-2-10-6-7-11(14)9-12(10)20(18,19)16-8-4-3-5-13(15)17/h6-7,9,16H,2-5,8,14H2,1H3,(H2,15,17). The van der Waals surface area contributed by atoms with Gasteiger partial charge < -0.3 is 11.5 Å². The number of primary amides is 1. The molecular weight excluding hydrogens is 278 g/mol. The molecular formula is C13H21N3O3S. The zero-order valence-electron chi connectivity index (χ0n) is 11.6. The molecule has 112 valence electrons. The maximum Gasteiger partial charge on any atom is 0.240 e. The molecule has 0 saturated carbocycles. The Morgan fingerprint density at radius 3 is 2.60 bits per heavy atom. The van der Waals surface area contributed by atoms with E-state index in [0.717, 1.165) is 5.56 Å². The van der Waals surface area contributed by atoms with Crippen LogP contribution in [0.25, 0.3) is 0 Å². The Morgan fingerprint density at radius 1 is 1.30 bits per heavy atom. The fourth-order valence-corrected chi connectivity index (χ4v) is 3.24. The molecule has 0 aliphatic carbocycles. The van der Waals surface area contributed by atoms with E-state index in [4.69, 9.17) is 11.5 Å². The van der Waals surface area contributed by atoms with E-state index in [1.807, 2.05) is 6.92 Å². The minimum atomic E-state index is -3.57. The fraction of sp³-hybridized carbons (Fsp3) is 0.462. The first-order valence-electron chi connectivity index (χ1n) is 6.53. The number of aryl methyl sites for hydroxylation is 1. The third kappa shape index (κ3) is 4.82. The van der Waals surface area contributed by atoms with E-state index >= 15 is 0 Å². The Morgan fingerprint density at radius 2 is 2.00 bits per heavy atom. The highest BCUT2D eigenvalue weighted by Gasteiger charge is 2.17. The summed E-state index contributed by atoms with van der Waals surface area (Å²) in [4.78, 5) is 10.8. The van der Waals surface area contributed by atoms with Crippen LogP contribution in [0.1, 0.15) is 31.7 Å². The van der Waals surface area contributed by atoms with E-state index in [-0.39, 0.29) is 23.8 Å². The van der Waals surface area contributed by atoms with Crippen LogP contribution in [0, 0.1) is 0 Å². The summed E-state index contributed by atoms with van der Waals surface area (Å²) in [6.45, 7) is 2.16. The van der Waals surface area contributed by atoms with E-state index in [2.05, 4.69) is 4.72 Å². The topological polar surface area (TPSA) is 115 Å². The first-order valence-corrected chi connectivity index (χ1v) is 8.01. The molecule has 0 fully saturated rings. The normalized spacial score (nSPS) is 11.4. The number of nitrogens with two attached hydrogens (primary N) is 2. The maximum absolute atomic E-state index is 12.2. The number of carbonyl (C=O) groups is 1. The van der Waals surface area contributed by atoms with Gasteiger partial charge >= 0.3 is 0 Å². The largest absolute Gasteiger partial charge is 0.399 e. The fourth-order valence-electron chi connectivity index (χ4n) is 1.82. The van der Waals surface area contributed by atoms with Crippen molar-refractivity contribution < 1.29 is 13.2 Å². The van der Waals surface area contributed by atoms with Gasteiger partial charge in [-0.2, -0.15) is 0 Å². The summed E-state index contributed by atoms with van der Waals surface area (Å²) in [6, 6.07) is 4.87. The van der Waals surface area contributed by atoms with Crippen molar-refractivity contribution >= 4 is 21.6 Å². The van der Waals surface area contributed by atoms with Gasteiger partial charge in [0.1, 0.15) is 0 Å². The summed E-state index contributed by atoms with van der Waals surface area (Å²) < 4.78 is 26.9. The average molecular weight is 299 g/mol. The summed E-state index contributed by atoms with van der Waals surface area (Å²) in [5.74, 6) is -0.378. The van der Waals surface area contributed by atoms with Crippen LogP contribution in [0.4, 0.5) is 5.69 Å². The van der Waals surface area contributed by atoms with Crippen LogP contribution in [0.3, 0.4) is 0 Å². The van der Waals surface area contributed by atoms with Gasteiger partial charge in [0.05, 0.1) is 4.90 Å². The molecule has 0 aromatic heterocycles. The monoisotopic (exact) mass is 299 g/mol. The third-order valence-electron chi connectivity index (χ3n) is 2.90. The number of nitrogens with one attached hydrogen (secondary N) is 1. The molecule has 5 N–H and O–H groups in total. The first-order chi connectivity index (χ1) is 9.36. The number of amides is 1. The van der Waals surface area contributed by atoms with Crippen molar-refractivity contribution in [1.82, 2.24) is 4.72 Å². The molecule has 0 bridgehead atoms. The van der Waals surface area contributed by atoms with E-state index in [0.29, 0.717) is 24.9 Å². The molecule has 0 atom stereocenters. The van der Waals surface area contributed by atoms with Gasteiger partial charge in [0, 0.05) is 18.7 Å². The van der Waals surface area contributed by atoms with Gasteiger partial charge in [-0.1, -0.05) is 13.0 Å². The van der Waals surface area contributed by atoms with Crippen LogP contribution in [0.5, 0.6) is 0 Å². The molecule has 0 aliphatic heterocycles. The summed E-state index contributed by atoms with van der Waals surface area (Å²) in [7, 11) is -3.57. The summed E-state index contributed by atoms with van der Waals surface area (Å²) >= 11 is 0. The van der Waals surface area contributed by atoms with Crippen LogP contribution in [-0.2, 0) is 21.2 Å². The molecule has 0 unspecified atom stereocenters. The number of unbranched alkanes of at least 4 members (excludes halogenated alkanes) is 1. The number of carbonyl (C=O) groups excluding carboxylic acids is 1. The minimum Gasteiger partial charge on any atom is -0.399 e. The summed E-state index contributed by atoms with van der Waals surface area (Å²) in [6.07, 6.45) is 2.00. The summed E-state index contributed by atoms with van der Waals surface area (Å²) in [5, 5.41) is 0. The molecule has 1 rings (SSSR count). The Bertz CT molecular complexity index is 570. The van der Waals surface area contributed by atoms with Gasteiger partial charge in [0.15, 0.2) is 0 Å². The number of benzene rings is 1. The van der Waals surface area contributed by atoms with E-state index in [9.17, 15) is 13.2 Å². The zero-order chi connectivity index (χ0) is 15.2. The Balaban J connectivity index is 2.69. The van der Waals surface area contributed by atoms with E-state index in [1.54, 1.807) is 12.1 Å². The Kier molecular flexibility index (Phi) is 5.97. The first kappa shape index (κ1) is 16.5. The highest BCUT2D eigenvalue weighted by molar-refractivity contribution is 7.89. The maximum atomic E-state index is 12.2. The van der Waals surface area contributed by atoms with Gasteiger partial charge in [-0.05, 0) is 37.0 Å². The molecule has 1 aromatic carbocycles. The van der Waals surface area contributed by atoms with Gasteiger partial charge in [-0.15, -0.1) is 0 Å². The number of anilines is 1. The van der Waals surface area contributed by atoms with Crippen molar-refractivity contribution in [2.75, 3.05) is 12.3 Å². The van der Waals surface area contributed by atoms with Gasteiger partial charge in [0.25, 0.3) is 0 Å². The predicted octanol–water partition coefficient (Wildman–Crippen LogP) is 0.765. The zero-order valence-corrected chi connectivity index (χ0v) is 12.4. The van der Waals surface area contributed by atoms with Gasteiger partial charge in [-0.3, -0.25) is 4.79 Å². The smallest absolute Gasteiger partial charge is 0.240 e. The number of nitrogen functional groups attached to an aromatic ring is 1. The molecule has 0 heterocycles. The van der Waals surface area contributed by atoms with Crippen molar-refractivity contribution in [3.63, 3.8) is 0 Å². The van der Waals surface area contributed by atoms with Crippen molar-refractivity contribution in [2.45, 2.75) is 37.5 Å². The third-order valence-corrected chi connectivity index (χ3v) is 4.45. The van der Waals surface area contributed by atoms with Crippen LogP contribution in [0.15, 0.2) is 23.1 Å². The molecule has 0 radical (unpaired) electrons. The second-order valence-corrected chi connectivity index (χ2v) is 6.28. The molecule has 1 amide bonds. The van der Waals surface area contributed by atoms with Crippen LogP contribution in [0.2, 0.25) is 0 Å². The summed E-state index contributed by atoms with van der Waals surface area (Å²) in [5.41, 5.74) is 11.8.